The van der Waals surface area contributed by atoms with E-state index >= 15 is 0 Å². The maximum atomic E-state index is 12.3. The van der Waals surface area contributed by atoms with Crippen LogP contribution in [-0.4, -0.2) is 12.5 Å². The van der Waals surface area contributed by atoms with Gasteiger partial charge in [-0.05, 0) is 23.8 Å². The average Bonchev–Trinajstić information content (AvgIpc) is 2.89. The molecule has 0 radical (unpaired) electrons. The molecular weight excluding hydrogens is 318 g/mol. The second-order valence-corrected chi connectivity index (χ2v) is 5.66. The molecule has 2 aromatic rings. The quantitative estimate of drug-likeness (QED) is 0.937. The maximum Gasteiger partial charge on any atom is 0.231 e. The number of hydrogen-bond acceptors (Lipinski definition) is 2. The summed E-state index contributed by atoms with van der Waals surface area (Å²) in [5.41, 5.74) is 2.04. The number of nitrogens with one attached hydrogen (secondary N) is 1. The fourth-order valence-corrected chi connectivity index (χ4v) is 2.79. The van der Waals surface area contributed by atoms with Crippen LogP contribution in [0.25, 0.3) is 0 Å². The van der Waals surface area contributed by atoms with E-state index in [2.05, 4.69) is 21.2 Å². The highest BCUT2D eigenvalue weighted by molar-refractivity contribution is 9.10. The lowest BCUT2D eigenvalue weighted by atomic mass is 10.0. The highest BCUT2D eigenvalue weighted by atomic mass is 79.9. The molecule has 20 heavy (non-hydrogen) atoms. The van der Waals surface area contributed by atoms with E-state index in [-0.39, 0.29) is 11.8 Å². The van der Waals surface area contributed by atoms with Crippen LogP contribution in [0.4, 0.5) is 0 Å². The first-order chi connectivity index (χ1) is 9.74. The smallest absolute Gasteiger partial charge is 0.231 e. The Bertz CT molecular complexity index is 642. The van der Waals surface area contributed by atoms with Gasteiger partial charge in [-0.2, -0.15) is 0 Å². The summed E-state index contributed by atoms with van der Waals surface area (Å²) in [5, 5.41) is 2.97. The van der Waals surface area contributed by atoms with Gasteiger partial charge < -0.3 is 10.1 Å². The maximum absolute atomic E-state index is 12.3. The molecule has 2 aromatic carbocycles. The molecule has 0 aliphatic carbocycles. The molecule has 1 N–H and O–H groups in total. The second kappa shape index (κ2) is 5.67. The van der Waals surface area contributed by atoms with E-state index in [1.807, 2.05) is 48.5 Å². The van der Waals surface area contributed by atoms with Crippen molar-refractivity contribution in [2.75, 3.05) is 6.61 Å². The molecule has 102 valence electrons. The predicted octanol–water partition coefficient (Wildman–Crippen LogP) is 3.24. The molecule has 4 heteroatoms. The number of fused-ring (bicyclic) bond motifs is 1. The van der Waals surface area contributed by atoms with Crippen LogP contribution in [0.1, 0.15) is 17.0 Å². The van der Waals surface area contributed by atoms with E-state index in [4.69, 9.17) is 4.74 Å². The molecule has 3 nitrogen and oxygen atoms in total. The van der Waals surface area contributed by atoms with Crippen molar-refractivity contribution in [3.05, 3.63) is 64.1 Å². The van der Waals surface area contributed by atoms with E-state index < -0.39 is 0 Å². The Hall–Kier alpha value is -1.81. The summed E-state index contributed by atoms with van der Waals surface area (Å²) in [4.78, 5) is 12.3. The zero-order valence-corrected chi connectivity index (χ0v) is 12.4. The lowest BCUT2D eigenvalue weighted by molar-refractivity contribution is -0.122. The number of benzene rings is 2. The van der Waals surface area contributed by atoms with Gasteiger partial charge in [-0.3, -0.25) is 4.79 Å². The summed E-state index contributed by atoms with van der Waals surface area (Å²) in [5.74, 6) is 0.614. The van der Waals surface area contributed by atoms with Gasteiger partial charge in [-0.25, -0.2) is 0 Å². The van der Waals surface area contributed by atoms with Crippen molar-refractivity contribution in [3.63, 3.8) is 0 Å². The second-order valence-electron chi connectivity index (χ2n) is 4.75. The van der Waals surface area contributed by atoms with Gasteiger partial charge in [0.05, 0.1) is 0 Å². The molecule has 0 saturated heterocycles. The van der Waals surface area contributed by atoms with Crippen LogP contribution in [0.5, 0.6) is 5.75 Å². The molecule has 0 bridgehead atoms. The minimum atomic E-state index is -0.210. The molecule has 1 aliphatic heterocycles. The third-order valence-corrected chi connectivity index (χ3v) is 3.87. The third kappa shape index (κ3) is 2.70. The summed E-state index contributed by atoms with van der Waals surface area (Å²) in [6, 6.07) is 15.6. The normalized spacial score (nSPS) is 16.4. The Morgan fingerprint density at radius 3 is 2.95 bits per heavy atom. The van der Waals surface area contributed by atoms with E-state index in [1.165, 1.54) is 0 Å². The number of rotatable bonds is 3. The van der Waals surface area contributed by atoms with Crippen molar-refractivity contribution in [1.29, 1.82) is 0 Å². The van der Waals surface area contributed by atoms with Crippen LogP contribution >= 0.6 is 15.9 Å². The van der Waals surface area contributed by atoms with Crippen LogP contribution in [0.2, 0.25) is 0 Å². The van der Waals surface area contributed by atoms with Crippen molar-refractivity contribution < 1.29 is 9.53 Å². The van der Waals surface area contributed by atoms with E-state index in [1.54, 1.807) is 0 Å². The highest BCUT2D eigenvalue weighted by Gasteiger charge is 2.29. The summed E-state index contributed by atoms with van der Waals surface area (Å²) in [7, 11) is 0. The van der Waals surface area contributed by atoms with Gasteiger partial charge in [-0.1, -0.05) is 46.3 Å². The van der Waals surface area contributed by atoms with E-state index in [0.717, 1.165) is 21.3 Å². The van der Waals surface area contributed by atoms with Crippen molar-refractivity contribution in [2.24, 2.45) is 0 Å². The van der Waals surface area contributed by atoms with Crippen LogP contribution in [-0.2, 0) is 11.3 Å². The topological polar surface area (TPSA) is 38.3 Å². The molecule has 1 amide bonds. The number of hydrogen-bond donors (Lipinski definition) is 1. The number of halogens is 1. The number of para-hydroxylation sites is 1. The number of ether oxygens (including phenoxy) is 1. The number of carbonyl (C=O) groups is 1. The molecule has 1 atom stereocenters. The average molecular weight is 332 g/mol. The molecular formula is C16H14BrNO2. The molecule has 0 fully saturated rings. The van der Waals surface area contributed by atoms with Crippen LogP contribution < -0.4 is 10.1 Å². The molecule has 0 saturated carbocycles. The van der Waals surface area contributed by atoms with Gasteiger partial charge in [-0.15, -0.1) is 0 Å². The fraction of sp³-hybridized carbons (Fsp3) is 0.188. The zero-order chi connectivity index (χ0) is 13.9. The van der Waals surface area contributed by atoms with E-state index in [9.17, 15) is 4.79 Å². The molecule has 1 aliphatic rings. The van der Waals surface area contributed by atoms with Gasteiger partial charge in [0.2, 0.25) is 5.91 Å². The van der Waals surface area contributed by atoms with Gasteiger partial charge >= 0.3 is 0 Å². The van der Waals surface area contributed by atoms with Gasteiger partial charge in [0.1, 0.15) is 18.3 Å². The van der Waals surface area contributed by atoms with Gasteiger partial charge in [0.25, 0.3) is 0 Å². The van der Waals surface area contributed by atoms with Crippen molar-refractivity contribution in [1.82, 2.24) is 5.32 Å². The molecule has 0 spiro atoms. The third-order valence-electron chi connectivity index (χ3n) is 3.37. The molecule has 0 aromatic heterocycles. The number of carbonyl (C=O) groups excluding carboxylic acids is 1. The van der Waals surface area contributed by atoms with E-state index in [0.29, 0.717) is 13.2 Å². The lowest BCUT2D eigenvalue weighted by Crippen LogP contribution is -2.29. The standard InChI is InChI=1S/C16H14BrNO2/c17-12-5-3-4-11(8-12)9-18-16(19)14-10-20-15-7-2-1-6-13(14)15/h1-8,14H,9-10H2,(H,18,19). The minimum Gasteiger partial charge on any atom is -0.492 e. The largest absolute Gasteiger partial charge is 0.492 e. The summed E-state index contributed by atoms with van der Waals surface area (Å²) < 4.78 is 6.55. The van der Waals surface area contributed by atoms with Crippen molar-refractivity contribution in [3.8, 4) is 5.75 Å². The first kappa shape index (κ1) is 13.2. The van der Waals surface area contributed by atoms with Crippen LogP contribution in [0, 0.1) is 0 Å². The highest BCUT2D eigenvalue weighted by Crippen LogP contribution is 2.33. The monoisotopic (exact) mass is 331 g/mol. The SMILES string of the molecule is O=C(NCc1cccc(Br)c1)C1COc2ccccc21. The van der Waals surface area contributed by atoms with Crippen molar-refractivity contribution >= 4 is 21.8 Å². The summed E-state index contributed by atoms with van der Waals surface area (Å²) in [6.45, 7) is 0.945. The Kier molecular flexibility index (Phi) is 3.74. The Morgan fingerprint density at radius 1 is 1.25 bits per heavy atom. The van der Waals surface area contributed by atoms with Gasteiger partial charge in [0, 0.05) is 16.6 Å². The Morgan fingerprint density at radius 2 is 2.10 bits per heavy atom. The first-order valence-electron chi connectivity index (χ1n) is 6.48. The van der Waals surface area contributed by atoms with Crippen molar-refractivity contribution in [2.45, 2.75) is 12.5 Å². The lowest BCUT2D eigenvalue weighted by Gasteiger charge is -2.10. The fourth-order valence-electron chi connectivity index (χ4n) is 2.34. The zero-order valence-electron chi connectivity index (χ0n) is 10.8. The van der Waals surface area contributed by atoms with Crippen LogP contribution in [0.3, 0.4) is 0 Å². The Labute approximate surface area is 126 Å². The molecule has 1 unspecified atom stereocenters. The van der Waals surface area contributed by atoms with Gasteiger partial charge in [0.15, 0.2) is 0 Å². The minimum absolute atomic E-state index is 0.00919. The molecule has 1 heterocycles. The Balaban J connectivity index is 1.66. The molecule has 3 rings (SSSR count). The van der Waals surface area contributed by atoms with Crippen LogP contribution in [0.15, 0.2) is 53.0 Å². The number of amides is 1. The summed E-state index contributed by atoms with van der Waals surface area (Å²) >= 11 is 3.42. The first-order valence-corrected chi connectivity index (χ1v) is 7.27. The summed E-state index contributed by atoms with van der Waals surface area (Å²) in [6.07, 6.45) is 0. The predicted molar refractivity (Wildman–Crippen MR) is 80.7 cm³/mol.